The molecule has 0 amide bonds. The average molecular weight is 285 g/mol. The zero-order valence-corrected chi connectivity index (χ0v) is 12.7. The fraction of sp³-hybridized carbons (Fsp3) is 0.333. The van der Waals surface area contributed by atoms with Crippen molar-refractivity contribution in [2.75, 3.05) is 18.7 Å². The highest BCUT2D eigenvalue weighted by Crippen LogP contribution is 2.28. The molecular formula is C18H23NO2. The van der Waals surface area contributed by atoms with Gasteiger partial charge in [0.2, 0.25) is 0 Å². The highest BCUT2D eigenvalue weighted by molar-refractivity contribution is 5.70. The maximum atomic E-state index is 8.86. The number of anilines is 1. The second-order valence-electron chi connectivity index (χ2n) is 5.11. The normalized spacial score (nSPS) is 10.4. The Morgan fingerprint density at radius 3 is 2.52 bits per heavy atom. The molecule has 0 bridgehead atoms. The number of aliphatic hydroxyl groups excluding tert-OH is 1. The lowest BCUT2D eigenvalue weighted by molar-refractivity contribution is 0.0986. The van der Waals surface area contributed by atoms with E-state index in [0.29, 0.717) is 5.75 Å². The van der Waals surface area contributed by atoms with E-state index < -0.39 is 0 Å². The first-order valence-corrected chi connectivity index (χ1v) is 7.43. The van der Waals surface area contributed by atoms with Crippen molar-refractivity contribution in [1.29, 1.82) is 0 Å². The van der Waals surface area contributed by atoms with Gasteiger partial charge in [0, 0.05) is 12.2 Å². The van der Waals surface area contributed by atoms with Gasteiger partial charge in [-0.1, -0.05) is 31.5 Å². The minimum atomic E-state index is -0.303. The molecule has 0 saturated heterocycles. The van der Waals surface area contributed by atoms with Crippen LogP contribution in [0, 0.1) is 6.92 Å². The van der Waals surface area contributed by atoms with E-state index >= 15 is 0 Å². The zero-order valence-electron chi connectivity index (χ0n) is 12.7. The van der Waals surface area contributed by atoms with Crippen LogP contribution in [0.5, 0.6) is 5.75 Å². The van der Waals surface area contributed by atoms with Gasteiger partial charge in [-0.05, 0) is 54.3 Å². The van der Waals surface area contributed by atoms with Crippen molar-refractivity contribution in [2.24, 2.45) is 0 Å². The standard InChI is InChI=1S/C18H23NO2/c1-3-4-11-19-16-8-6-15(7-9-16)18-12-17(21-13-20)10-5-14(18)2/h5-10,12,19-20H,3-4,11,13H2,1-2H3. The third kappa shape index (κ3) is 4.23. The quantitative estimate of drug-likeness (QED) is 0.591. The molecule has 21 heavy (non-hydrogen) atoms. The predicted octanol–water partition coefficient (Wildman–Crippen LogP) is 4.20. The lowest BCUT2D eigenvalue weighted by Crippen LogP contribution is -2.00. The molecule has 0 aromatic heterocycles. The number of benzene rings is 2. The summed E-state index contributed by atoms with van der Waals surface area (Å²) in [5, 5.41) is 12.3. The van der Waals surface area contributed by atoms with Crippen LogP contribution >= 0.6 is 0 Å². The smallest absolute Gasteiger partial charge is 0.186 e. The van der Waals surface area contributed by atoms with Crippen LogP contribution in [0.2, 0.25) is 0 Å². The van der Waals surface area contributed by atoms with Gasteiger partial charge in [-0.25, -0.2) is 0 Å². The molecule has 2 rings (SSSR count). The highest BCUT2D eigenvalue weighted by atomic mass is 16.6. The summed E-state index contributed by atoms with van der Waals surface area (Å²) in [5.74, 6) is 0.684. The highest BCUT2D eigenvalue weighted by Gasteiger charge is 2.04. The topological polar surface area (TPSA) is 41.5 Å². The van der Waals surface area contributed by atoms with Crippen molar-refractivity contribution in [2.45, 2.75) is 26.7 Å². The zero-order chi connectivity index (χ0) is 15.1. The fourth-order valence-electron chi connectivity index (χ4n) is 2.25. The molecule has 0 saturated carbocycles. The Morgan fingerprint density at radius 2 is 1.86 bits per heavy atom. The average Bonchev–Trinajstić information content (AvgIpc) is 2.51. The molecule has 0 aliphatic rings. The second kappa shape index (κ2) is 7.70. The number of hydrogen-bond donors (Lipinski definition) is 2. The Hall–Kier alpha value is -2.00. The molecule has 2 aromatic carbocycles. The first-order chi connectivity index (χ1) is 10.2. The van der Waals surface area contributed by atoms with Gasteiger partial charge < -0.3 is 15.2 Å². The number of ether oxygens (including phenoxy) is 1. The van der Waals surface area contributed by atoms with Crippen LogP contribution in [0.25, 0.3) is 11.1 Å². The van der Waals surface area contributed by atoms with Crippen molar-refractivity contribution < 1.29 is 9.84 Å². The lowest BCUT2D eigenvalue weighted by atomic mass is 10.00. The van der Waals surface area contributed by atoms with Gasteiger partial charge in [0.1, 0.15) is 5.75 Å². The van der Waals surface area contributed by atoms with Gasteiger partial charge in [0.25, 0.3) is 0 Å². The van der Waals surface area contributed by atoms with E-state index in [1.165, 1.54) is 18.4 Å². The van der Waals surface area contributed by atoms with Crippen molar-refractivity contribution in [1.82, 2.24) is 0 Å². The van der Waals surface area contributed by atoms with E-state index in [9.17, 15) is 0 Å². The number of aliphatic hydroxyl groups is 1. The summed E-state index contributed by atoms with van der Waals surface area (Å²) in [6.45, 7) is 4.97. The number of aryl methyl sites for hydroxylation is 1. The Balaban J connectivity index is 2.16. The van der Waals surface area contributed by atoms with Crippen molar-refractivity contribution >= 4 is 5.69 Å². The summed E-state index contributed by atoms with van der Waals surface area (Å²) in [4.78, 5) is 0. The SMILES string of the molecule is CCCCNc1ccc(-c2cc(OCO)ccc2C)cc1. The molecule has 0 fully saturated rings. The van der Waals surface area contributed by atoms with Crippen LogP contribution in [-0.4, -0.2) is 18.4 Å². The lowest BCUT2D eigenvalue weighted by Gasteiger charge is -2.11. The van der Waals surface area contributed by atoms with Crippen LogP contribution < -0.4 is 10.1 Å². The molecule has 2 aromatic rings. The van der Waals surface area contributed by atoms with Gasteiger partial charge in [-0.3, -0.25) is 0 Å². The van der Waals surface area contributed by atoms with Crippen molar-refractivity contribution in [3.63, 3.8) is 0 Å². The van der Waals surface area contributed by atoms with Gasteiger partial charge >= 0.3 is 0 Å². The largest absolute Gasteiger partial charge is 0.468 e. The monoisotopic (exact) mass is 285 g/mol. The van der Waals surface area contributed by atoms with Gasteiger partial charge in [-0.2, -0.15) is 0 Å². The van der Waals surface area contributed by atoms with E-state index in [-0.39, 0.29) is 6.79 Å². The molecule has 0 atom stereocenters. The number of nitrogens with one attached hydrogen (secondary N) is 1. The van der Waals surface area contributed by atoms with Crippen LogP contribution in [-0.2, 0) is 0 Å². The maximum Gasteiger partial charge on any atom is 0.186 e. The molecule has 0 spiro atoms. The first kappa shape index (κ1) is 15.4. The first-order valence-electron chi connectivity index (χ1n) is 7.43. The second-order valence-corrected chi connectivity index (χ2v) is 5.11. The Kier molecular flexibility index (Phi) is 5.64. The van der Waals surface area contributed by atoms with Crippen LogP contribution in [0.15, 0.2) is 42.5 Å². The summed E-state index contributed by atoms with van der Waals surface area (Å²) in [6.07, 6.45) is 2.38. The van der Waals surface area contributed by atoms with E-state index in [4.69, 9.17) is 9.84 Å². The maximum absolute atomic E-state index is 8.86. The molecule has 0 aliphatic heterocycles. The predicted molar refractivity (Wildman–Crippen MR) is 87.7 cm³/mol. The molecule has 3 nitrogen and oxygen atoms in total. The summed E-state index contributed by atoms with van der Waals surface area (Å²) in [6, 6.07) is 14.3. The molecular weight excluding hydrogens is 262 g/mol. The molecule has 0 heterocycles. The van der Waals surface area contributed by atoms with Crippen molar-refractivity contribution in [3.05, 3.63) is 48.0 Å². The molecule has 2 N–H and O–H groups in total. The number of unbranched alkanes of at least 4 members (excludes halogenated alkanes) is 1. The molecule has 0 radical (unpaired) electrons. The van der Waals surface area contributed by atoms with Crippen LogP contribution in [0.4, 0.5) is 5.69 Å². The molecule has 112 valence electrons. The minimum Gasteiger partial charge on any atom is -0.468 e. The molecule has 0 unspecified atom stereocenters. The van der Waals surface area contributed by atoms with E-state index in [0.717, 1.165) is 23.4 Å². The molecule has 0 aliphatic carbocycles. The van der Waals surface area contributed by atoms with Gasteiger partial charge in [-0.15, -0.1) is 0 Å². The molecule has 3 heteroatoms. The summed E-state index contributed by atoms with van der Waals surface area (Å²) >= 11 is 0. The third-order valence-corrected chi connectivity index (χ3v) is 3.50. The Bertz CT molecular complexity index is 564. The van der Waals surface area contributed by atoms with Gasteiger partial charge in [0.05, 0.1) is 0 Å². The van der Waals surface area contributed by atoms with Crippen molar-refractivity contribution in [3.8, 4) is 16.9 Å². The summed E-state index contributed by atoms with van der Waals surface area (Å²) in [5.41, 5.74) is 4.61. The Labute approximate surface area is 126 Å². The summed E-state index contributed by atoms with van der Waals surface area (Å²) in [7, 11) is 0. The summed E-state index contributed by atoms with van der Waals surface area (Å²) < 4.78 is 5.16. The third-order valence-electron chi connectivity index (χ3n) is 3.50. The minimum absolute atomic E-state index is 0.303. The number of rotatable bonds is 7. The van der Waals surface area contributed by atoms with Crippen LogP contribution in [0.1, 0.15) is 25.3 Å². The van der Waals surface area contributed by atoms with Crippen LogP contribution in [0.3, 0.4) is 0 Å². The van der Waals surface area contributed by atoms with E-state index in [1.807, 2.05) is 18.2 Å². The number of hydrogen-bond acceptors (Lipinski definition) is 3. The van der Waals surface area contributed by atoms with E-state index in [2.05, 4.69) is 43.4 Å². The van der Waals surface area contributed by atoms with Gasteiger partial charge in [0.15, 0.2) is 6.79 Å². The fourth-order valence-corrected chi connectivity index (χ4v) is 2.25. The van der Waals surface area contributed by atoms with E-state index in [1.54, 1.807) is 0 Å². The Morgan fingerprint density at radius 1 is 1.10 bits per heavy atom.